The van der Waals surface area contributed by atoms with E-state index in [1.165, 1.54) is 0 Å². The van der Waals surface area contributed by atoms with Gasteiger partial charge in [-0.15, -0.1) is 0 Å². The number of benzene rings is 1. The third-order valence-electron chi connectivity index (χ3n) is 1.75. The molecule has 0 saturated carbocycles. The normalized spacial score (nSPS) is 11.3. The Morgan fingerprint density at radius 1 is 1.44 bits per heavy atom. The Hall–Kier alpha value is -0.540. The van der Waals surface area contributed by atoms with E-state index in [0.29, 0.717) is 5.02 Å². The van der Waals surface area contributed by atoms with Crippen LogP contribution >= 0.6 is 27.5 Å². The summed E-state index contributed by atoms with van der Waals surface area (Å²) in [7, 11) is 0. The molecule has 0 saturated heterocycles. The van der Waals surface area contributed by atoms with Gasteiger partial charge in [-0.1, -0.05) is 17.7 Å². The monoisotopic (exact) mass is 304 g/mol. The second kappa shape index (κ2) is 5.19. The highest BCUT2D eigenvalue weighted by molar-refractivity contribution is 9.10. The molecule has 4 heteroatoms. The molecule has 1 rings (SSSR count). The molecule has 0 fully saturated rings. The van der Waals surface area contributed by atoms with Gasteiger partial charge < -0.3 is 4.74 Å². The van der Waals surface area contributed by atoms with Crippen LogP contribution in [0.5, 0.6) is 0 Å². The molecular formula is C12H14BrClO2. The lowest BCUT2D eigenvalue weighted by atomic mass is 10.1. The third kappa shape index (κ3) is 4.54. The molecule has 0 N–H and O–H groups in total. The maximum Gasteiger partial charge on any atom is 0.310 e. The van der Waals surface area contributed by atoms with Crippen LogP contribution in [0, 0.1) is 0 Å². The van der Waals surface area contributed by atoms with Gasteiger partial charge in [-0.2, -0.15) is 0 Å². The first-order chi connectivity index (χ1) is 7.28. The van der Waals surface area contributed by atoms with Gasteiger partial charge in [0.25, 0.3) is 0 Å². The van der Waals surface area contributed by atoms with Gasteiger partial charge in [-0.3, -0.25) is 4.79 Å². The molecule has 0 atom stereocenters. The van der Waals surface area contributed by atoms with Gasteiger partial charge in [0, 0.05) is 4.47 Å². The summed E-state index contributed by atoms with van der Waals surface area (Å²) in [5.41, 5.74) is 0.436. The van der Waals surface area contributed by atoms with Crippen molar-refractivity contribution in [2.45, 2.75) is 32.8 Å². The zero-order valence-corrected chi connectivity index (χ0v) is 11.9. The van der Waals surface area contributed by atoms with Crippen LogP contribution in [-0.4, -0.2) is 11.6 Å². The minimum Gasteiger partial charge on any atom is -0.460 e. The highest BCUT2D eigenvalue weighted by Crippen LogP contribution is 2.23. The topological polar surface area (TPSA) is 26.3 Å². The second-order valence-corrected chi connectivity index (χ2v) is 5.77. The zero-order chi connectivity index (χ0) is 12.3. The molecule has 88 valence electrons. The van der Waals surface area contributed by atoms with Crippen LogP contribution in [0.1, 0.15) is 26.3 Å². The Balaban J connectivity index is 2.67. The molecular weight excluding hydrogens is 291 g/mol. The van der Waals surface area contributed by atoms with Crippen LogP contribution in [0.3, 0.4) is 0 Å². The van der Waals surface area contributed by atoms with Crippen molar-refractivity contribution in [2.75, 3.05) is 0 Å². The number of halogens is 2. The van der Waals surface area contributed by atoms with E-state index >= 15 is 0 Å². The number of hydrogen-bond donors (Lipinski definition) is 0. The summed E-state index contributed by atoms with van der Waals surface area (Å²) < 4.78 is 6.01. The molecule has 0 aliphatic rings. The largest absolute Gasteiger partial charge is 0.460 e. The van der Waals surface area contributed by atoms with E-state index in [-0.39, 0.29) is 12.4 Å². The van der Waals surface area contributed by atoms with E-state index < -0.39 is 5.60 Å². The van der Waals surface area contributed by atoms with Gasteiger partial charge in [-0.05, 0) is 54.4 Å². The minimum atomic E-state index is -0.444. The van der Waals surface area contributed by atoms with Gasteiger partial charge in [0.15, 0.2) is 0 Å². The van der Waals surface area contributed by atoms with E-state index in [1.54, 1.807) is 6.07 Å². The molecule has 0 heterocycles. The molecule has 0 amide bonds. The Morgan fingerprint density at radius 3 is 2.56 bits per heavy atom. The lowest BCUT2D eigenvalue weighted by Crippen LogP contribution is -2.24. The predicted molar refractivity (Wildman–Crippen MR) is 68.7 cm³/mol. The fourth-order valence-corrected chi connectivity index (χ4v) is 1.74. The van der Waals surface area contributed by atoms with Crippen molar-refractivity contribution in [3.8, 4) is 0 Å². The van der Waals surface area contributed by atoms with Crippen molar-refractivity contribution in [2.24, 2.45) is 0 Å². The lowest BCUT2D eigenvalue weighted by Gasteiger charge is -2.19. The second-order valence-electron chi connectivity index (χ2n) is 4.51. The van der Waals surface area contributed by atoms with Crippen molar-refractivity contribution in [3.05, 3.63) is 33.3 Å². The summed E-state index contributed by atoms with van der Waals surface area (Å²) in [6.45, 7) is 5.55. The smallest absolute Gasteiger partial charge is 0.310 e. The zero-order valence-electron chi connectivity index (χ0n) is 9.51. The van der Waals surface area contributed by atoms with E-state index in [0.717, 1.165) is 10.0 Å². The van der Waals surface area contributed by atoms with Crippen molar-refractivity contribution < 1.29 is 9.53 Å². The van der Waals surface area contributed by atoms with Crippen molar-refractivity contribution in [3.63, 3.8) is 0 Å². The average Bonchev–Trinajstić information content (AvgIpc) is 2.08. The number of rotatable bonds is 2. The van der Waals surface area contributed by atoms with E-state index in [2.05, 4.69) is 15.9 Å². The number of carbonyl (C=O) groups is 1. The first-order valence-corrected chi connectivity index (χ1v) is 6.11. The molecule has 0 bridgehead atoms. The highest BCUT2D eigenvalue weighted by atomic mass is 79.9. The van der Waals surface area contributed by atoms with Crippen LogP contribution in [0.15, 0.2) is 22.7 Å². The maximum absolute atomic E-state index is 11.6. The molecule has 0 spiro atoms. The summed E-state index contributed by atoms with van der Waals surface area (Å²) >= 11 is 9.17. The number of ether oxygens (including phenoxy) is 1. The molecule has 0 aromatic heterocycles. The van der Waals surface area contributed by atoms with Gasteiger partial charge in [0.2, 0.25) is 0 Å². The quantitative estimate of drug-likeness (QED) is 0.772. The molecule has 0 aliphatic carbocycles. The Bertz CT molecular complexity index is 396. The molecule has 0 unspecified atom stereocenters. The molecule has 16 heavy (non-hydrogen) atoms. The first kappa shape index (κ1) is 13.5. The fraction of sp³-hybridized carbons (Fsp3) is 0.417. The van der Waals surface area contributed by atoms with E-state index in [9.17, 15) is 4.79 Å². The van der Waals surface area contributed by atoms with Crippen LogP contribution in [0.25, 0.3) is 0 Å². The number of carbonyl (C=O) groups excluding carboxylic acids is 1. The third-order valence-corrected chi connectivity index (χ3v) is 2.97. The van der Waals surface area contributed by atoms with Gasteiger partial charge in [0.1, 0.15) is 5.60 Å². The van der Waals surface area contributed by atoms with Crippen LogP contribution in [0.4, 0.5) is 0 Å². The van der Waals surface area contributed by atoms with E-state index in [4.69, 9.17) is 16.3 Å². The molecule has 0 radical (unpaired) electrons. The standard InChI is InChI=1S/C12H14BrClO2/c1-12(2,3)16-11(15)7-8-4-5-10(14)9(13)6-8/h4-6H,7H2,1-3H3. The van der Waals surface area contributed by atoms with Gasteiger partial charge in [0.05, 0.1) is 11.4 Å². The summed E-state index contributed by atoms with van der Waals surface area (Å²) in [4.78, 5) is 11.6. The Kier molecular flexibility index (Phi) is 4.39. The lowest BCUT2D eigenvalue weighted by molar-refractivity contribution is -0.153. The highest BCUT2D eigenvalue weighted by Gasteiger charge is 2.16. The summed E-state index contributed by atoms with van der Waals surface area (Å²) in [5.74, 6) is -0.235. The van der Waals surface area contributed by atoms with Crippen LogP contribution in [0.2, 0.25) is 5.02 Å². The molecule has 1 aromatic rings. The van der Waals surface area contributed by atoms with Crippen LogP contribution < -0.4 is 0 Å². The Labute approximate surface area is 109 Å². The van der Waals surface area contributed by atoms with E-state index in [1.807, 2.05) is 32.9 Å². The number of esters is 1. The first-order valence-electron chi connectivity index (χ1n) is 4.94. The molecule has 2 nitrogen and oxygen atoms in total. The van der Waals surface area contributed by atoms with Crippen molar-refractivity contribution in [1.82, 2.24) is 0 Å². The minimum absolute atomic E-state index is 0.235. The Morgan fingerprint density at radius 2 is 2.06 bits per heavy atom. The summed E-state index contributed by atoms with van der Waals surface area (Å²) in [6.07, 6.45) is 0.257. The summed E-state index contributed by atoms with van der Waals surface area (Å²) in [6, 6.07) is 5.40. The van der Waals surface area contributed by atoms with Crippen molar-refractivity contribution >= 4 is 33.5 Å². The molecule has 1 aromatic carbocycles. The number of hydrogen-bond acceptors (Lipinski definition) is 2. The predicted octanol–water partition coefficient (Wildman–Crippen LogP) is 3.99. The molecule has 0 aliphatic heterocycles. The van der Waals surface area contributed by atoms with Crippen molar-refractivity contribution in [1.29, 1.82) is 0 Å². The van der Waals surface area contributed by atoms with Gasteiger partial charge in [-0.25, -0.2) is 0 Å². The fourth-order valence-electron chi connectivity index (χ4n) is 1.19. The summed E-state index contributed by atoms with van der Waals surface area (Å²) in [5, 5.41) is 0.632. The van der Waals surface area contributed by atoms with Crippen LogP contribution in [-0.2, 0) is 16.0 Å². The maximum atomic E-state index is 11.6. The van der Waals surface area contributed by atoms with Gasteiger partial charge >= 0.3 is 5.97 Å². The average molecular weight is 306 g/mol. The SMILES string of the molecule is CC(C)(C)OC(=O)Cc1ccc(Cl)c(Br)c1.